The normalized spacial score (nSPS) is 11.0. The van der Waals surface area contributed by atoms with Gasteiger partial charge in [0.2, 0.25) is 6.79 Å². The Hall–Kier alpha value is -1.30. The van der Waals surface area contributed by atoms with E-state index in [0.29, 0.717) is 6.42 Å². The average Bonchev–Trinajstić information content (AvgIpc) is 2.14. The quantitative estimate of drug-likeness (QED) is 0.304. The predicted molar refractivity (Wildman–Crippen MR) is 61.4 cm³/mol. The largest absolute Gasteiger partial charge is 0.508 e. The van der Waals surface area contributed by atoms with E-state index in [1.165, 1.54) is 0 Å². The Balaban J connectivity index is 3.37. The lowest BCUT2D eigenvalue weighted by molar-refractivity contribution is -0.870. The fraction of sp³-hybridized carbons (Fsp3) is 0.818. The van der Waals surface area contributed by atoms with Gasteiger partial charge in [0.15, 0.2) is 0 Å². The first-order chi connectivity index (χ1) is 7.81. The number of carboxylic acid groups (broad SMARTS) is 1. The van der Waals surface area contributed by atoms with Crippen LogP contribution in [0.5, 0.6) is 0 Å². The first-order valence-electron chi connectivity index (χ1n) is 5.63. The maximum Gasteiger partial charge on any atom is 0.508 e. The van der Waals surface area contributed by atoms with Crippen molar-refractivity contribution in [1.29, 1.82) is 0 Å². The fourth-order valence-electron chi connectivity index (χ4n) is 1.25. The monoisotopic (exact) mass is 248 g/mol. The molecule has 0 rings (SSSR count). The van der Waals surface area contributed by atoms with E-state index in [2.05, 4.69) is 30.6 Å². The van der Waals surface area contributed by atoms with Crippen LogP contribution in [0.25, 0.3) is 0 Å². The van der Waals surface area contributed by atoms with Crippen molar-refractivity contribution >= 4 is 12.1 Å². The van der Waals surface area contributed by atoms with Crippen molar-refractivity contribution in [2.45, 2.75) is 25.7 Å². The van der Waals surface area contributed by atoms with Gasteiger partial charge in [0.1, 0.15) is 0 Å². The molecule has 0 aliphatic rings. The summed E-state index contributed by atoms with van der Waals surface area (Å²) in [6, 6.07) is 0. The summed E-state index contributed by atoms with van der Waals surface area (Å²) in [5, 5.41) is 8.13. The number of carbonyl (C=O) groups is 2. The van der Waals surface area contributed by atoms with Gasteiger partial charge in [-0.3, -0.25) is 4.79 Å². The maximum absolute atomic E-state index is 11.1. The highest BCUT2D eigenvalue weighted by Gasteiger charge is 2.07. The SMILES string of the molecule is C[N+](C)(C)CCCCCC(=O)OCOC(=O)O. The predicted octanol–water partition coefficient (Wildman–Crippen LogP) is 1.45. The fourth-order valence-corrected chi connectivity index (χ4v) is 1.25. The van der Waals surface area contributed by atoms with Crippen molar-refractivity contribution in [3.8, 4) is 0 Å². The summed E-state index contributed by atoms with van der Waals surface area (Å²) < 4.78 is 9.52. The highest BCUT2D eigenvalue weighted by Crippen LogP contribution is 2.04. The number of hydrogen-bond donors (Lipinski definition) is 1. The second-order valence-corrected chi connectivity index (χ2v) is 4.87. The molecule has 6 heteroatoms. The van der Waals surface area contributed by atoms with E-state index in [9.17, 15) is 9.59 Å². The van der Waals surface area contributed by atoms with Gasteiger partial charge >= 0.3 is 12.1 Å². The Morgan fingerprint density at radius 1 is 1.06 bits per heavy atom. The van der Waals surface area contributed by atoms with E-state index in [1.54, 1.807) is 0 Å². The minimum absolute atomic E-state index is 0.306. The maximum atomic E-state index is 11.1. The van der Waals surface area contributed by atoms with E-state index >= 15 is 0 Å². The van der Waals surface area contributed by atoms with Crippen LogP contribution in [0.3, 0.4) is 0 Å². The lowest BCUT2D eigenvalue weighted by atomic mass is 10.2. The summed E-state index contributed by atoms with van der Waals surface area (Å²) in [5.41, 5.74) is 0. The average molecular weight is 248 g/mol. The zero-order chi connectivity index (χ0) is 13.3. The first kappa shape index (κ1) is 15.7. The smallest absolute Gasteiger partial charge is 0.450 e. The van der Waals surface area contributed by atoms with Crippen LogP contribution < -0.4 is 0 Å². The minimum Gasteiger partial charge on any atom is -0.450 e. The Bertz CT molecular complexity index is 247. The molecule has 0 radical (unpaired) electrons. The van der Waals surface area contributed by atoms with E-state index < -0.39 is 18.9 Å². The number of nitrogens with zero attached hydrogens (tertiary/aromatic N) is 1. The first-order valence-corrected chi connectivity index (χ1v) is 5.63. The Kier molecular flexibility index (Phi) is 7.29. The lowest BCUT2D eigenvalue weighted by Gasteiger charge is -2.23. The molecule has 17 heavy (non-hydrogen) atoms. The second-order valence-electron chi connectivity index (χ2n) is 4.87. The molecule has 0 spiro atoms. The molecule has 0 heterocycles. The van der Waals surface area contributed by atoms with E-state index in [1.807, 2.05) is 0 Å². The Morgan fingerprint density at radius 2 is 1.71 bits per heavy atom. The molecule has 0 atom stereocenters. The van der Waals surface area contributed by atoms with Crippen LogP contribution in [0.2, 0.25) is 0 Å². The van der Waals surface area contributed by atoms with E-state index in [0.717, 1.165) is 30.3 Å². The Labute approximate surface area is 102 Å². The van der Waals surface area contributed by atoms with Crippen molar-refractivity contribution in [2.75, 3.05) is 34.5 Å². The molecular formula is C11H22NO5+. The molecule has 0 aliphatic heterocycles. The zero-order valence-corrected chi connectivity index (χ0v) is 10.8. The van der Waals surface area contributed by atoms with Gasteiger partial charge in [-0.2, -0.15) is 0 Å². The molecule has 0 aromatic heterocycles. The molecular weight excluding hydrogens is 226 g/mol. The molecule has 100 valence electrons. The van der Waals surface area contributed by atoms with Gasteiger partial charge in [-0.25, -0.2) is 4.79 Å². The summed E-state index contributed by atoms with van der Waals surface area (Å²) in [4.78, 5) is 21.0. The van der Waals surface area contributed by atoms with E-state index in [4.69, 9.17) is 5.11 Å². The van der Waals surface area contributed by atoms with Gasteiger partial charge in [0, 0.05) is 6.42 Å². The van der Waals surface area contributed by atoms with Crippen LogP contribution in [-0.4, -0.2) is 56.2 Å². The van der Waals surface area contributed by atoms with Crippen molar-refractivity contribution in [2.24, 2.45) is 0 Å². The minimum atomic E-state index is -1.44. The molecule has 0 aromatic rings. The van der Waals surface area contributed by atoms with Gasteiger partial charge < -0.3 is 19.1 Å². The molecule has 6 nitrogen and oxygen atoms in total. The summed E-state index contributed by atoms with van der Waals surface area (Å²) in [6.45, 7) is 0.546. The number of carbonyl (C=O) groups excluding carboxylic acids is 1. The summed E-state index contributed by atoms with van der Waals surface area (Å²) in [5.74, 6) is -0.420. The van der Waals surface area contributed by atoms with Crippen LogP contribution in [0, 0.1) is 0 Å². The second kappa shape index (κ2) is 7.89. The topological polar surface area (TPSA) is 72.8 Å². The van der Waals surface area contributed by atoms with Crippen molar-refractivity contribution < 1.29 is 28.7 Å². The van der Waals surface area contributed by atoms with E-state index in [-0.39, 0.29) is 0 Å². The Morgan fingerprint density at radius 3 is 2.24 bits per heavy atom. The third kappa shape index (κ3) is 12.6. The van der Waals surface area contributed by atoms with Crippen molar-refractivity contribution in [3.05, 3.63) is 0 Å². The highest BCUT2D eigenvalue weighted by atomic mass is 16.7. The summed E-state index contributed by atoms with van der Waals surface area (Å²) >= 11 is 0. The number of ether oxygens (including phenoxy) is 2. The zero-order valence-electron chi connectivity index (χ0n) is 10.8. The van der Waals surface area contributed by atoms with Gasteiger partial charge in [0.05, 0.1) is 27.7 Å². The number of esters is 1. The van der Waals surface area contributed by atoms with Crippen LogP contribution in [0.15, 0.2) is 0 Å². The van der Waals surface area contributed by atoms with Crippen LogP contribution in [0.1, 0.15) is 25.7 Å². The standard InChI is InChI=1S/C11H21NO5/c1-12(2,3)8-6-4-5-7-10(13)16-9-17-11(14)15/h4-9H2,1-3H3/p+1. The number of rotatable bonds is 8. The molecule has 0 fully saturated rings. The molecule has 0 amide bonds. The van der Waals surface area contributed by atoms with Crippen molar-refractivity contribution in [3.63, 3.8) is 0 Å². The molecule has 0 aromatic carbocycles. The lowest BCUT2D eigenvalue weighted by Crippen LogP contribution is -2.35. The molecule has 0 aliphatic carbocycles. The third-order valence-corrected chi connectivity index (χ3v) is 2.11. The van der Waals surface area contributed by atoms with Gasteiger partial charge in [-0.05, 0) is 19.3 Å². The van der Waals surface area contributed by atoms with Crippen LogP contribution in [0.4, 0.5) is 4.79 Å². The number of hydrogen-bond acceptors (Lipinski definition) is 4. The van der Waals surface area contributed by atoms with Gasteiger partial charge in [-0.15, -0.1) is 0 Å². The summed E-state index contributed by atoms with van der Waals surface area (Å²) in [6.07, 6.45) is 1.64. The molecule has 0 bridgehead atoms. The van der Waals surface area contributed by atoms with Crippen LogP contribution in [-0.2, 0) is 14.3 Å². The van der Waals surface area contributed by atoms with Gasteiger partial charge in [-0.1, -0.05) is 0 Å². The third-order valence-electron chi connectivity index (χ3n) is 2.11. The molecule has 0 saturated carbocycles. The molecule has 1 N–H and O–H groups in total. The van der Waals surface area contributed by atoms with Crippen LogP contribution >= 0.6 is 0 Å². The van der Waals surface area contributed by atoms with Gasteiger partial charge in [0.25, 0.3) is 0 Å². The molecule has 0 unspecified atom stereocenters. The number of unbranched alkanes of at least 4 members (excludes halogenated alkanes) is 2. The number of quaternary nitrogens is 1. The molecule has 0 saturated heterocycles. The highest BCUT2D eigenvalue weighted by molar-refractivity contribution is 5.69. The van der Waals surface area contributed by atoms with Crippen molar-refractivity contribution in [1.82, 2.24) is 0 Å². The summed E-state index contributed by atoms with van der Waals surface area (Å²) in [7, 11) is 6.37.